The first-order valence-electron chi connectivity index (χ1n) is 22.2. The molecule has 10 aromatic rings. The summed E-state index contributed by atoms with van der Waals surface area (Å²) in [5, 5.41) is 2.53. The van der Waals surface area contributed by atoms with Crippen LogP contribution in [0.5, 0.6) is 0 Å². The van der Waals surface area contributed by atoms with Crippen molar-refractivity contribution in [3.8, 4) is 44.5 Å². The van der Waals surface area contributed by atoms with Crippen LogP contribution in [-0.2, 0) is 5.41 Å². The molecule has 2 aliphatic rings. The van der Waals surface area contributed by atoms with Gasteiger partial charge >= 0.3 is 0 Å². The molecule has 0 unspecified atom stereocenters. The Hall–Kier alpha value is -8.01. The molecule has 10 aromatic carbocycles. The van der Waals surface area contributed by atoms with E-state index in [1.54, 1.807) is 6.07 Å². The minimum atomic E-state index is -0.276. The fourth-order valence-electron chi connectivity index (χ4n) is 10.3. The van der Waals surface area contributed by atoms with E-state index in [9.17, 15) is 0 Å². The van der Waals surface area contributed by atoms with E-state index in [1.165, 1.54) is 44.2 Å². The van der Waals surface area contributed by atoms with Gasteiger partial charge in [0, 0.05) is 39.0 Å². The molecule has 2 aliphatic carbocycles. The summed E-state index contributed by atoms with van der Waals surface area (Å²) in [7, 11) is 0. The molecular weight excluding hydrogens is 780 g/mol. The number of rotatable bonds is 9. The lowest BCUT2D eigenvalue weighted by molar-refractivity contribution is 0.629. The van der Waals surface area contributed by atoms with Gasteiger partial charge in [-0.1, -0.05) is 176 Å². The van der Waals surface area contributed by atoms with E-state index in [4.69, 9.17) is 0 Å². The number of hydrogen-bond acceptors (Lipinski definition) is 2. The highest BCUT2D eigenvalue weighted by molar-refractivity contribution is 6.11. The van der Waals surface area contributed by atoms with Gasteiger partial charge in [-0.15, -0.1) is 0 Å². The summed E-state index contributed by atoms with van der Waals surface area (Å²) in [5.74, 6) is -0.276. The smallest absolute Gasteiger partial charge is 0.148 e. The molecule has 64 heavy (non-hydrogen) atoms. The highest BCUT2D eigenvalue weighted by Gasteiger charge is 2.51. The van der Waals surface area contributed by atoms with Crippen molar-refractivity contribution >= 4 is 44.9 Å². The van der Waals surface area contributed by atoms with Gasteiger partial charge in [-0.2, -0.15) is 0 Å². The molecule has 0 aromatic heterocycles. The summed E-state index contributed by atoms with van der Waals surface area (Å²) in [6.45, 7) is 0. The van der Waals surface area contributed by atoms with Gasteiger partial charge in [0.05, 0.1) is 17.1 Å². The second-order valence-corrected chi connectivity index (χ2v) is 17.0. The lowest BCUT2D eigenvalue weighted by Gasteiger charge is -2.34. The van der Waals surface area contributed by atoms with E-state index in [2.05, 4.69) is 174 Å². The number of nitrogens with zero attached hydrogens (tertiary/aromatic N) is 2. The average Bonchev–Trinajstić information content (AvgIpc) is 4.17. The molecule has 1 spiro atoms. The highest BCUT2D eigenvalue weighted by Crippen LogP contribution is 2.63. The number of para-hydroxylation sites is 3. The van der Waals surface area contributed by atoms with Crippen LogP contribution >= 0.6 is 0 Å². The third kappa shape index (κ3) is 6.23. The maximum Gasteiger partial charge on any atom is 0.148 e. The molecule has 0 atom stereocenters. The first-order chi connectivity index (χ1) is 31.7. The molecule has 12 rings (SSSR count). The summed E-state index contributed by atoms with van der Waals surface area (Å²) in [6.07, 6.45) is 2.10. The normalized spacial score (nSPS) is 13.1. The Kier molecular flexibility index (Phi) is 9.08. The lowest BCUT2D eigenvalue weighted by Crippen LogP contribution is -2.19. The zero-order valence-corrected chi connectivity index (χ0v) is 35.2. The minimum absolute atomic E-state index is 0.156. The van der Waals surface area contributed by atoms with Gasteiger partial charge in [-0.25, -0.2) is 4.39 Å². The number of benzene rings is 10. The maximum absolute atomic E-state index is 17.4. The number of halogens is 1. The minimum Gasteiger partial charge on any atom is -0.309 e. The molecule has 3 heteroatoms. The number of hydrogen-bond donors (Lipinski definition) is 0. The summed E-state index contributed by atoms with van der Waals surface area (Å²) < 4.78 is 17.4. The average molecular weight is 823 g/mol. The first kappa shape index (κ1) is 37.7. The molecule has 0 bridgehead atoms. The van der Waals surface area contributed by atoms with Crippen molar-refractivity contribution in [3.63, 3.8) is 0 Å². The molecule has 0 heterocycles. The Morgan fingerprint density at radius 1 is 0.344 bits per heavy atom. The predicted octanol–water partition coefficient (Wildman–Crippen LogP) is 17.0. The van der Waals surface area contributed by atoms with Crippen LogP contribution < -0.4 is 9.80 Å². The maximum atomic E-state index is 17.4. The van der Waals surface area contributed by atoms with Crippen molar-refractivity contribution in [2.24, 2.45) is 0 Å². The van der Waals surface area contributed by atoms with Crippen molar-refractivity contribution < 1.29 is 4.39 Å². The van der Waals surface area contributed by atoms with Gasteiger partial charge in [0.15, 0.2) is 0 Å². The topological polar surface area (TPSA) is 6.48 Å². The molecule has 0 N–H and O–H groups in total. The fraction of sp³-hybridized carbons (Fsp3) is 0.0492. The molecule has 2 nitrogen and oxygen atoms in total. The van der Waals surface area contributed by atoms with E-state index >= 15 is 4.39 Å². The molecular formula is C61H43FN2. The van der Waals surface area contributed by atoms with Crippen LogP contribution in [0.15, 0.2) is 237 Å². The highest BCUT2D eigenvalue weighted by atomic mass is 19.1. The van der Waals surface area contributed by atoms with Crippen molar-refractivity contribution in [1.29, 1.82) is 0 Å². The van der Waals surface area contributed by atoms with Gasteiger partial charge in [0.25, 0.3) is 0 Å². The second-order valence-electron chi connectivity index (χ2n) is 17.0. The number of fused-ring (bicyclic) bond motifs is 4. The van der Waals surface area contributed by atoms with E-state index in [0.29, 0.717) is 5.69 Å². The summed E-state index contributed by atoms with van der Waals surface area (Å²) in [6, 6.07) is 82.9. The lowest BCUT2D eigenvalue weighted by atomic mass is 9.74. The van der Waals surface area contributed by atoms with Gasteiger partial charge < -0.3 is 9.80 Å². The largest absolute Gasteiger partial charge is 0.309 e. The zero-order valence-electron chi connectivity index (χ0n) is 35.2. The molecule has 304 valence electrons. The van der Waals surface area contributed by atoms with Crippen molar-refractivity contribution in [1.82, 2.24) is 0 Å². The Morgan fingerprint density at radius 3 is 1.56 bits per heavy atom. The Bertz CT molecular complexity index is 3330. The van der Waals surface area contributed by atoms with Crippen molar-refractivity contribution in [2.45, 2.75) is 18.3 Å². The van der Waals surface area contributed by atoms with Crippen molar-refractivity contribution in [3.05, 3.63) is 254 Å². The van der Waals surface area contributed by atoms with Gasteiger partial charge in [0.2, 0.25) is 0 Å². The standard InChI is InChI=1S/C61H43FN2/c62-56-40-45(42-19-6-1-7-20-42)39-53(44-23-10-3-11-24-44)60(56)63(46-25-12-4-13-26-46)48-33-34-50-51-30-18-31-52-58(36-35-54(59(51)52)61(37-38-61)55(50)41-48)64(47-27-14-5-15-28-47)57-32-17-16-29-49(57)43-21-8-2-9-22-43/h1-36,39-41H,37-38H2. The third-order valence-electron chi connectivity index (χ3n) is 13.3. The predicted molar refractivity (Wildman–Crippen MR) is 265 cm³/mol. The molecule has 1 fully saturated rings. The summed E-state index contributed by atoms with van der Waals surface area (Å²) >= 11 is 0. The van der Waals surface area contributed by atoms with E-state index in [-0.39, 0.29) is 11.2 Å². The first-order valence-corrected chi connectivity index (χ1v) is 22.2. The Labute approximate surface area is 373 Å². The fourth-order valence-corrected chi connectivity index (χ4v) is 10.3. The van der Waals surface area contributed by atoms with Crippen molar-refractivity contribution in [2.75, 3.05) is 9.80 Å². The molecule has 0 amide bonds. The zero-order chi connectivity index (χ0) is 42.6. The Balaban J connectivity index is 1.05. The molecule has 1 saturated carbocycles. The third-order valence-corrected chi connectivity index (χ3v) is 13.3. The van der Waals surface area contributed by atoms with Gasteiger partial charge in [-0.05, 0) is 123 Å². The van der Waals surface area contributed by atoms with Crippen LogP contribution in [0.4, 0.5) is 38.5 Å². The molecule has 0 saturated heterocycles. The monoisotopic (exact) mass is 822 g/mol. The second kappa shape index (κ2) is 15.4. The van der Waals surface area contributed by atoms with Crippen LogP contribution in [0.3, 0.4) is 0 Å². The van der Waals surface area contributed by atoms with Gasteiger partial charge in [-0.3, -0.25) is 0 Å². The molecule has 0 radical (unpaired) electrons. The van der Waals surface area contributed by atoms with Gasteiger partial charge in [0.1, 0.15) is 5.82 Å². The molecule has 0 aliphatic heterocycles. The van der Waals surface area contributed by atoms with Crippen LogP contribution in [0, 0.1) is 5.82 Å². The van der Waals surface area contributed by atoms with Crippen LogP contribution in [0.2, 0.25) is 0 Å². The van der Waals surface area contributed by atoms with E-state index in [0.717, 1.165) is 63.5 Å². The Morgan fingerprint density at radius 2 is 0.906 bits per heavy atom. The summed E-state index contributed by atoms with van der Waals surface area (Å²) in [5.41, 5.74) is 16.7. The van der Waals surface area contributed by atoms with Crippen LogP contribution in [0.1, 0.15) is 24.0 Å². The quantitative estimate of drug-likeness (QED) is 0.143. The number of anilines is 6. The van der Waals surface area contributed by atoms with Crippen LogP contribution in [-0.4, -0.2) is 0 Å². The SMILES string of the molecule is Fc1cc(-c2ccccc2)cc(-c2ccccc2)c1N(c1ccccc1)c1ccc2c(c1)C1(CC1)c1ccc(N(c3ccccc3)c3ccccc3-c3ccccc3)c3cccc-2c13. The van der Waals surface area contributed by atoms with E-state index in [1.807, 2.05) is 66.7 Å². The van der Waals surface area contributed by atoms with Crippen LogP contribution in [0.25, 0.3) is 55.3 Å². The van der Waals surface area contributed by atoms with E-state index < -0.39 is 0 Å². The summed E-state index contributed by atoms with van der Waals surface area (Å²) in [4.78, 5) is 4.56.